The van der Waals surface area contributed by atoms with Crippen LogP contribution in [-0.2, 0) is 9.59 Å². The fourth-order valence-corrected chi connectivity index (χ4v) is 6.17. The Morgan fingerprint density at radius 2 is 2.08 bits per heavy atom. The van der Waals surface area contributed by atoms with Crippen LogP contribution in [0.25, 0.3) is 0 Å². The van der Waals surface area contributed by atoms with Gasteiger partial charge in [0.25, 0.3) is 0 Å². The van der Waals surface area contributed by atoms with Gasteiger partial charge in [-0.15, -0.1) is 0 Å². The molecule has 0 amide bonds. The summed E-state index contributed by atoms with van der Waals surface area (Å²) in [6.45, 7) is 6.22. The monoisotopic (exact) mass is 338 g/mol. The Balaban J connectivity index is 1.79. The first-order valence-electron chi connectivity index (χ1n) is 9.29. The van der Waals surface area contributed by atoms with E-state index in [-0.39, 0.29) is 34.9 Å². The largest absolute Gasteiger partial charge is 0.389 e. The van der Waals surface area contributed by atoms with Crippen molar-refractivity contribution in [2.45, 2.75) is 33.6 Å². The highest BCUT2D eigenvalue weighted by molar-refractivity contribution is 6.02. The maximum atomic E-state index is 12.4. The van der Waals surface area contributed by atoms with Crippen molar-refractivity contribution in [3.8, 4) is 0 Å². The van der Waals surface area contributed by atoms with Gasteiger partial charge in [0.2, 0.25) is 0 Å². The summed E-state index contributed by atoms with van der Waals surface area (Å²) in [6, 6.07) is 0. The standard InChI is InChI=1S/C22H26O3/c1-13-10-18-16-5-4-14-11-15(24)6-8-21(14,2)17(16)7-9-22(18,3)20(13)19(25)12-23/h4-8,11,13,16,18,20,23H,9-10,12H2,1-3H3/t13-,16-,18+,20-,21+,22+/m1/s1. The number of Topliss-reactive ketones (excluding diaryl/α,β-unsaturated/α-hetero) is 1. The molecule has 1 saturated carbocycles. The number of hydrogen-bond acceptors (Lipinski definition) is 3. The van der Waals surface area contributed by atoms with Gasteiger partial charge in [-0.2, -0.15) is 0 Å². The fraction of sp³-hybridized carbons (Fsp3) is 0.545. The molecule has 4 aliphatic rings. The number of aliphatic hydroxyl groups excluding tert-OH is 1. The number of allylic oxidation sites excluding steroid dienone is 8. The van der Waals surface area contributed by atoms with E-state index in [4.69, 9.17) is 0 Å². The van der Waals surface area contributed by atoms with Gasteiger partial charge in [-0.25, -0.2) is 0 Å². The van der Waals surface area contributed by atoms with E-state index in [9.17, 15) is 14.7 Å². The normalized spacial score (nSPS) is 44.6. The molecule has 3 heteroatoms. The smallest absolute Gasteiger partial charge is 0.178 e. The van der Waals surface area contributed by atoms with Crippen molar-refractivity contribution in [1.82, 2.24) is 0 Å². The second-order valence-corrected chi connectivity index (χ2v) is 8.71. The van der Waals surface area contributed by atoms with Crippen LogP contribution in [0.1, 0.15) is 33.6 Å². The number of aliphatic hydroxyl groups is 1. The second-order valence-electron chi connectivity index (χ2n) is 8.71. The van der Waals surface area contributed by atoms with Crippen molar-refractivity contribution in [2.24, 2.45) is 34.5 Å². The lowest BCUT2D eigenvalue weighted by Gasteiger charge is -2.50. The Labute approximate surface area is 149 Å². The van der Waals surface area contributed by atoms with Crippen molar-refractivity contribution < 1.29 is 14.7 Å². The Hall–Kier alpha value is -1.74. The number of hydrogen-bond donors (Lipinski definition) is 1. The van der Waals surface area contributed by atoms with Crippen LogP contribution < -0.4 is 0 Å². The molecule has 4 rings (SSSR count). The zero-order chi connectivity index (χ0) is 18.0. The van der Waals surface area contributed by atoms with Crippen molar-refractivity contribution in [3.05, 3.63) is 47.6 Å². The SMILES string of the molecule is C[C@@H]1C[C@H]2[C@@H]3C=CC4=CC(=O)C=C[C@]4(C)C3=CC[C@]2(C)[C@H]1C(=O)CO. The summed E-state index contributed by atoms with van der Waals surface area (Å²) >= 11 is 0. The van der Waals surface area contributed by atoms with E-state index in [0.29, 0.717) is 17.8 Å². The molecule has 0 aromatic heterocycles. The van der Waals surface area contributed by atoms with E-state index in [2.05, 4.69) is 39.0 Å². The zero-order valence-corrected chi connectivity index (χ0v) is 15.2. The van der Waals surface area contributed by atoms with Gasteiger partial charge < -0.3 is 5.11 Å². The molecular formula is C22H26O3. The average molecular weight is 338 g/mol. The molecule has 0 heterocycles. The molecular weight excluding hydrogens is 312 g/mol. The summed E-state index contributed by atoms with van der Waals surface area (Å²) in [4.78, 5) is 24.2. The minimum Gasteiger partial charge on any atom is -0.389 e. The summed E-state index contributed by atoms with van der Waals surface area (Å²) < 4.78 is 0. The lowest BCUT2D eigenvalue weighted by molar-refractivity contribution is -0.130. The van der Waals surface area contributed by atoms with Gasteiger partial charge >= 0.3 is 0 Å². The number of carbonyl (C=O) groups excluding carboxylic acids is 2. The molecule has 6 atom stereocenters. The second kappa shape index (κ2) is 5.38. The van der Waals surface area contributed by atoms with Crippen molar-refractivity contribution in [2.75, 3.05) is 6.61 Å². The summed E-state index contributed by atoms with van der Waals surface area (Å²) in [6.07, 6.45) is 14.0. The number of ketones is 2. The molecule has 0 saturated heterocycles. The van der Waals surface area contributed by atoms with Crippen LogP contribution in [-0.4, -0.2) is 23.3 Å². The highest BCUT2D eigenvalue weighted by atomic mass is 16.3. The molecule has 0 aliphatic heterocycles. The van der Waals surface area contributed by atoms with Crippen LogP contribution >= 0.6 is 0 Å². The van der Waals surface area contributed by atoms with Crippen LogP contribution in [0.3, 0.4) is 0 Å². The first-order chi connectivity index (χ1) is 11.8. The number of fused-ring (bicyclic) bond motifs is 5. The molecule has 132 valence electrons. The molecule has 0 unspecified atom stereocenters. The molecule has 1 N–H and O–H groups in total. The van der Waals surface area contributed by atoms with Crippen LogP contribution in [0.15, 0.2) is 47.6 Å². The van der Waals surface area contributed by atoms with Gasteiger partial charge in [-0.05, 0) is 54.7 Å². The Morgan fingerprint density at radius 3 is 2.80 bits per heavy atom. The summed E-state index contributed by atoms with van der Waals surface area (Å²) in [5.74, 6) is 0.983. The van der Waals surface area contributed by atoms with Crippen molar-refractivity contribution in [1.29, 1.82) is 0 Å². The Kier molecular flexibility index (Phi) is 3.59. The number of rotatable bonds is 2. The predicted molar refractivity (Wildman–Crippen MR) is 96.6 cm³/mol. The minimum atomic E-state index is -0.357. The van der Waals surface area contributed by atoms with Gasteiger partial charge in [0.15, 0.2) is 11.6 Å². The maximum Gasteiger partial charge on any atom is 0.178 e. The molecule has 3 nitrogen and oxygen atoms in total. The third-order valence-corrected chi connectivity index (χ3v) is 7.37. The predicted octanol–water partition coefficient (Wildman–Crippen LogP) is 3.41. The van der Waals surface area contributed by atoms with E-state index in [1.807, 2.05) is 6.08 Å². The van der Waals surface area contributed by atoms with Crippen molar-refractivity contribution in [3.63, 3.8) is 0 Å². The maximum absolute atomic E-state index is 12.4. The first kappa shape index (κ1) is 16.7. The lowest BCUT2D eigenvalue weighted by Crippen LogP contribution is -2.44. The first-order valence-corrected chi connectivity index (χ1v) is 9.29. The van der Waals surface area contributed by atoms with E-state index in [0.717, 1.165) is 18.4 Å². The summed E-state index contributed by atoms with van der Waals surface area (Å²) in [5.41, 5.74) is 2.14. The fourth-order valence-electron chi connectivity index (χ4n) is 6.17. The molecule has 0 bridgehead atoms. The van der Waals surface area contributed by atoms with Crippen LogP contribution in [0.4, 0.5) is 0 Å². The van der Waals surface area contributed by atoms with Gasteiger partial charge in [0, 0.05) is 17.3 Å². The van der Waals surface area contributed by atoms with Gasteiger partial charge in [0.1, 0.15) is 6.61 Å². The summed E-state index contributed by atoms with van der Waals surface area (Å²) in [5, 5.41) is 9.44. The van der Waals surface area contributed by atoms with Crippen LogP contribution in [0.2, 0.25) is 0 Å². The van der Waals surface area contributed by atoms with Crippen LogP contribution in [0.5, 0.6) is 0 Å². The van der Waals surface area contributed by atoms with Gasteiger partial charge in [-0.3, -0.25) is 9.59 Å². The molecule has 4 aliphatic carbocycles. The number of carbonyl (C=O) groups is 2. The molecule has 0 aromatic carbocycles. The van der Waals surface area contributed by atoms with Gasteiger partial charge in [0.05, 0.1) is 0 Å². The quantitative estimate of drug-likeness (QED) is 0.785. The minimum absolute atomic E-state index is 0.0101. The van der Waals surface area contributed by atoms with E-state index in [1.54, 1.807) is 12.2 Å². The molecule has 0 aromatic rings. The molecule has 25 heavy (non-hydrogen) atoms. The lowest BCUT2D eigenvalue weighted by atomic mass is 9.54. The average Bonchev–Trinajstić information content (AvgIpc) is 2.85. The molecule has 0 spiro atoms. The van der Waals surface area contributed by atoms with E-state index < -0.39 is 0 Å². The zero-order valence-electron chi connectivity index (χ0n) is 15.2. The highest BCUT2D eigenvalue weighted by Crippen LogP contribution is 2.63. The highest BCUT2D eigenvalue weighted by Gasteiger charge is 2.58. The third kappa shape index (κ3) is 2.15. The third-order valence-electron chi connectivity index (χ3n) is 7.37. The topological polar surface area (TPSA) is 54.4 Å². The van der Waals surface area contributed by atoms with E-state index >= 15 is 0 Å². The molecule has 1 fully saturated rings. The Bertz CT molecular complexity index is 768. The van der Waals surface area contributed by atoms with Crippen molar-refractivity contribution >= 4 is 11.6 Å². The summed E-state index contributed by atoms with van der Waals surface area (Å²) in [7, 11) is 0. The van der Waals surface area contributed by atoms with Gasteiger partial charge in [-0.1, -0.05) is 43.7 Å². The van der Waals surface area contributed by atoms with E-state index in [1.165, 1.54) is 5.57 Å². The Morgan fingerprint density at radius 1 is 1.32 bits per heavy atom. The molecule has 0 radical (unpaired) electrons. The van der Waals surface area contributed by atoms with Crippen LogP contribution in [0, 0.1) is 34.5 Å².